The third-order valence-corrected chi connectivity index (χ3v) is 0.246. The van der Waals surface area contributed by atoms with Crippen molar-refractivity contribution in [2.45, 2.75) is 0 Å². The summed E-state index contributed by atoms with van der Waals surface area (Å²) < 4.78 is 0. The Morgan fingerprint density at radius 1 is 1.57 bits per heavy atom. The van der Waals surface area contributed by atoms with Crippen molar-refractivity contribution in [3.63, 3.8) is 0 Å². The number of carbonyl (C=O) groups is 1. The number of hydrazine groups is 1. The zero-order chi connectivity index (χ0) is 6.28. The van der Waals surface area contributed by atoms with Gasteiger partial charge in [-0.25, -0.2) is 4.79 Å². The number of hydrogen-bond acceptors (Lipinski definition) is 3. The van der Waals surface area contributed by atoms with Crippen molar-refractivity contribution < 1.29 is 4.79 Å². The maximum absolute atomic E-state index is 9.48. The standard InChI is InChI=1S/C2H6N2O.H4N2/c1-4-2(3)5;1-2/h1H3,(H3,3,4,5);1-2H2. The van der Waals surface area contributed by atoms with Gasteiger partial charge in [0.25, 0.3) is 0 Å². The number of rotatable bonds is 0. The molecule has 7 N–H and O–H groups in total. The molecule has 0 saturated heterocycles. The largest absolute Gasteiger partial charge is 0.352 e. The number of nitrogens with one attached hydrogen (secondary N) is 1. The van der Waals surface area contributed by atoms with Gasteiger partial charge in [-0.15, -0.1) is 0 Å². The van der Waals surface area contributed by atoms with E-state index in [0.29, 0.717) is 0 Å². The second-order valence-electron chi connectivity index (χ2n) is 0.614. The molecule has 0 radical (unpaired) electrons. The van der Waals surface area contributed by atoms with Crippen LogP contribution in [0.2, 0.25) is 0 Å². The van der Waals surface area contributed by atoms with E-state index in [1.807, 2.05) is 0 Å². The quantitative estimate of drug-likeness (QED) is 0.214. The molecule has 0 bridgehead atoms. The molecule has 0 aliphatic carbocycles. The van der Waals surface area contributed by atoms with Gasteiger partial charge in [-0.3, -0.25) is 11.7 Å². The summed E-state index contributed by atoms with van der Waals surface area (Å²) in [6.45, 7) is 0. The molecule has 0 aromatic heterocycles. The van der Waals surface area contributed by atoms with Crippen LogP contribution in [-0.4, -0.2) is 13.1 Å². The first-order valence-corrected chi connectivity index (χ1v) is 1.58. The second kappa shape index (κ2) is 8.95. The van der Waals surface area contributed by atoms with E-state index in [-0.39, 0.29) is 0 Å². The van der Waals surface area contributed by atoms with Crippen LogP contribution in [0.25, 0.3) is 0 Å². The lowest BCUT2D eigenvalue weighted by Gasteiger charge is -1.80. The number of nitrogens with two attached hydrogens (primary N) is 3. The fourth-order valence-corrected chi connectivity index (χ4v) is 0. The highest BCUT2D eigenvalue weighted by molar-refractivity contribution is 5.71. The van der Waals surface area contributed by atoms with Crippen LogP contribution in [0, 0.1) is 0 Å². The van der Waals surface area contributed by atoms with E-state index in [0.717, 1.165) is 0 Å². The Morgan fingerprint density at radius 2 is 1.71 bits per heavy atom. The van der Waals surface area contributed by atoms with Crippen LogP contribution in [0.15, 0.2) is 0 Å². The van der Waals surface area contributed by atoms with Crippen molar-refractivity contribution in [1.82, 2.24) is 5.32 Å². The number of primary amides is 1. The minimum atomic E-state index is -0.495. The van der Waals surface area contributed by atoms with Gasteiger partial charge in [0.2, 0.25) is 0 Å². The van der Waals surface area contributed by atoms with Crippen molar-refractivity contribution >= 4 is 6.03 Å². The lowest BCUT2D eigenvalue weighted by atomic mass is 11.1. The molecular formula is C2H10N4O. The summed E-state index contributed by atoms with van der Waals surface area (Å²) >= 11 is 0. The molecule has 7 heavy (non-hydrogen) atoms. The van der Waals surface area contributed by atoms with Crippen molar-refractivity contribution in [2.75, 3.05) is 7.05 Å². The summed E-state index contributed by atoms with van der Waals surface area (Å²) in [5.41, 5.74) is 4.54. The third kappa shape index (κ3) is 37.3. The average Bonchev–Trinajstić information content (AvgIpc) is 1.73. The average molecular weight is 106 g/mol. The van der Waals surface area contributed by atoms with E-state index in [9.17, 15) is 4.79 Å². The zero-order valence-corrected chi connectivity index (χ0v) is 4.14. The molecule has 0 aliphatic rings. The summed E-state index contributed by atoms with van der Waals surface area (Å²) in [6.07, 6.45) is 0. The molecule has 0 heterocycles. The Morgan fingerprint density at radius 3 is 1.71 bits per heavy atom. The second-order valence-corrected chi connectivity index (χ2v) is 0.614. The summed E-state index contributed by atoms with van der Waals surface area (Å²) in [5.74, 6) is 8.00. The maximum atomic E-state index is 9.48. The molecule has 0 aliphatic heterocycles. The molecule has 0 rings (SSSR count). The normalized spacial score (nSPS) is 5.57. The molecule has 0 aromatic carbocycles. The fourth-order valence-electron chi connectivity index (χ4n) is 0. The number of carbonyl (C=O) groups excluding carboxylic acids is 1. The highest BCUT2D eigenvalue weighted by Gasteiger charge is 1.72. The van der Waals surface area contributed by atoms with E-state index in [4.69, 9.17) is 0 Å². The lowest BCUT2D eigenvalue weighted by molar-refractivity contribution is 0.251. The van der Waals surface area contributed by atoms with Gasteiger partial charge in [0.1, 0.15) is 0 Å². The fraction of sp³-hybridized carbons (Fsp3) is 0.500. The van der Waals surface area contributed by atoms with Gasteiger partial charge < -0.3 is 11.1 Å². The van der Waals surface area contributed by atoms with Crippen molar-refractivity contribution in [2.24, 2.45) is 17.4 Å². The van der Waals surface area contributed by atoms with Crippen LogP contribution in [-0.2, 0) is 0 Å². The first-order valence-electron chi connectivity index (χ1n) is 1.58. The summed E-state index contributed by atoms with van der Waals surface area (Å²) in [4.78, 5) is 9.48. The molecule has 0 fully saturated rings. The van der Waals surface area contributed by atoms with Crippen LogP contribution < -0.4 is 22.7 Å². The molecule has 0 atom stereocenters. The lowest BCUT2D eigenvalue weighted by Crippen LogP contribution is -2.24. The van der Waals surface area contributed by atoms with Gasteiger partial charge >= 0.3 is 6.03 Å². The molecule has 0 saturated carbocycles. The first kappa shape index (κ1) is 9.50. The van der Waals surface area contributed by atoms with Gasteiger partial charge in [-0.1, -0.05) is 0 Å². The highest BCUT2D eigenvalue weighted by atomic mass is 16.2. The molecule has 5 heteroatoms. The number of hydrogen-bond donors (Lipinski definition) is 4. The zero-order valence-electron chi connectivity index (χ0n) is 4.14. The molecule has 2 amide bonds. The summed E-state index contributed by atoms with van der Waals surface area (Å²) in [5, 5.41) is 2.17. The Balaban J connectivity index is 0. The molecule has 44 valence electrons. The van der Waals surface area contributed by atoms with Crippen LogP contribution in [0.1, 0.15) is 0 Å². The molecular weight excluding hydrogens is 96.0 g/mol. The van der Waals surface area contributed by atoms with Gasteiger partial charge in [-0.05, 0) is 0 Å². The van der Waals surface area contributed by atoms with Crippen LogP contribution >= 0.6 is 0 Å². The summed E-state index contributed by atoms with van der Waals surface area (Å²) in [6, 6.07) is -0.495. The minimum Gasteiger partial charge on any atom is -0.352 e. The maximum Gasteiger partial charge on any atom is 0.311 e. The van der Waals surface area contributed by atoms with Crippen molar-refractivity contribution in [1.29, 1.82) is 0 Å². The van der Waals surface area contributed by atoms with E-state index in [1.165, 1.54) is 7.05 Å². The van der Waals surface area contributed by atoms with E-state index < -0.39 is 6.03 Å². The van der Waals surface area contributed by atoms with Crippen molar-refractivity contribution in [3.05, 3.63) is 0 Å². The molecule has 0 aromatic rings. The van der Waals surface area contributed by atoms with Crippen LogP contribution in [0.4, 0.5) is 4.79 Å². The number of urea groups is 1. The Hall–Kier alpha value is -0.810. The monoisotopic (exact) mass is 106 g/mol. The smallest absolute Gasteiger partial charge is 0.311 e. The van der Waals surface area contributed by atoms with Crippen LogP contribution in [0.3, 0.4) is 0 Å². The molecule has 0 unspecified atom stereocenters. The van der Waals surface area contributed by atoms with E-state index in [2.05, 4.69) is 22.7 Å². The predicted molar refractivity (Wildman–Crippen MR) is 27.0 cm³/mol. The van der Waals surface area contributed by atoms with Crippen LogP contribution in [0.5, 0.6) is 0 Å². The topological polar surface area (TPSA) is 107 Å². The van der Waals surface area contributed by atoms with E-state index in [1.54, 1.807) is 0 Å². The van der Waals surface area contributed by atoms with Gasteiger partial charge in [0.05, 0.1) is 0 Å². The number of amides is 2. The van der Waals surface area contributed by atoms with E-state index >= 15 is 0 Å². The minimum absolute atomic E-state index is 0.495. The van der Waals surface area contributed by atoms with Gasteiger partial charge in [0, 0.05) is 7.05 Å². The Labute approximate surface area is 41.8 Å². The summed E-state index contributed by atoms with van der Waals surface area (Å²) in [7, 11) is 1.47. The SMILES string of the molecule is CNC(N)=O.NN. The third-order valence-electron chi connectivity index (χ3n) is 0.246. The Kier molecular flexibility index (Phi) is 12.1. The molecule has 0 spiro atoms. The van der Waals surface area contributed by atoms with Gasteiger partial charge in [0.15, 0.2) is 0 Å². The van der Waals surface area contributed by atoms with Crippen molar-refractivity contribution in [3.8, 4) is 0 Å². The first-order chi connectivity index (χ1) is 3.27. The van der Waals surface area contributed by atoms with Gasteiger partial charge in [-0.2, -0.15) is 0 Å². The Bertz CT molecular complexity index is 45.0. The predicted octanol–water partition coefficient (Wildman–Crippen LogP) is -1.90. The molecule has 5 nitrogen and oxygen atoms in total. The highest BCUT2D eigenvalue weighted by Crippen LogP contribution is 1.38.